The Morgan fingerprint density at radius 3 is 2.19 bits per heavy atom. The molecule has 2 atom stereocenters. The Balaban J connectivity index is 0.000000873. The van der Waals surface area contributed by atoms with Gasteiger partial charge in [0.25, 0.3) is 5.91 Å². The molecular formula is C27H45N5O5. The van der Waals surface area contributed by atoms with Crippen molar-refractivity contribution in [2.24, 2.45) is 11.8 Å². The number of carbonyl (C=O) groups excluding carboxylic acids is 3. The summed E-state index contributed by atoms with van der Waals surface area (Å²) < 4.78 is 0. The van der Waals surface area contributed by atoms with Crippen molar-refractivity contribution < 1.29 is 24.3 Å². The van der Waals surface area contributed by atoms with Gasteiger partial charge in [-0.25, -0.2) is 9.78 Å². The number of aliphatic carboxylic acids is 1. The second-order valence-corrected chi connectivity index (χ2v) is 10.2. The number of carboxylic acids is 1. The number of likely N-dealkylation sites (tertiary alicyclic amines) is 1. The first kappa shape index (κ1) is 32.0. The fourth-order valence-corrected chi connectivity index (χ4v) is 4.19. The van der Waals surface area contributed by atoms with E-state index in [-0.39, 0.29) is 18.2 Å². The van der Waals surface area contributed by atoms with Crippen molar-refractivity contribution in [1.82, 2.24) is 25.5 Å². The molecule has 10 nitrogen and oxygen atoms in total. The zero-order valence-corrected chi connectivity index (χ0v) is 23.0. The lowest BCUT2D eigenvalue weighted by Crippen LogP contribution is -2.53. The minimum atomic E-state index is -1.04. The Hall–Kier alpha value is -3.04. The molecule has 1 saturated carbocycles. The highest BCUT2D eigenvalue weighted by molar-refractivity contribution is 5.97. The Morgan fingerprint density at radius 2 is 1.65 bits per heavy atom. The van der Waals surface area contributed by atoms with Crippen LogP contribution in [0.1, 0.15) is 96.5 Å². The minimum Gasteiger partial charge on any atom is -0.480 e. The molecule has 2 heterocycles. The molecule has 1 saturated heterocycles. The average molecular weight is 520 g/mol. The summed E-state index contributed by atoms with van der Waals surface area (Å²) in [6.45, 7) is 10.8. The SMILES string of the molecule is CC(C)C.CCC.O=C(NC(C(=O)NCC(=O)N1CCCC1C(=O)O)C1CCCCC1)c1cnccn1. The average Bonchev–Trinajstić information content (AvgIpc) is 3.37. The van der Waals surface area contributed by atoms with Crippen molar-refractivity contribution in [1.29, 1.82) is 0 Å². The normalized spacial score (nSPS) is 18.0. The van der Waals surface area contributed by atoms with Crippen LogP contribution in [0.15, 0.2) is 18.6 Å². The number of amides is 3. The Morgan fingerprint density at radius 1 is 1.03 bits per heavy atom. The molecule has 208 valence electrons. The number of carboxylic acid groups (broad SMARTS) is 1. The summed E-state index contributed by atoms with van der Waals surface area (Å²) in [6.07, 6.45) is 11.1. The molecule has 2 unspecified atom stereocenters. The first-order valence-electron chi connectivity index (χ1n) is 13.5. The number of carbonyl (C=O) groups is 4. The van der Waals surface area contributed by atoms with Crippen LogP contribution in [-0.2, 0) is 14.4 Å². The first-order valence-corrected chi connectivity index (χ1v) is 13.5. The third-order valence-corrected chi connectivity index (χ3v) is 5.76. The van der Waals surface area contributed by atoms with Gasteiger partial charge >= 0.3 is 5.97 Å². The predicted octanol–water partition coefficient (Wildman–Crippen LogP) is 3.43. The van der Waals surface area contributed by atoms with Crippen LogP contribution in [0.3, 0.4) is 0 Å². The van der Waals surface area contributed by atoms with Crippen LogP contribution in [0.2, 0.25) is 0 Å². The molecule has 1 aromatic heterocycles. The molecule has 1 aromatic rings. The second kappa shape index (κ2) is 17.4. The maximum atomic E-state index is 12.9. The number of aromatic nitrogens is 2. The summed E-state index contributed by atoms with van der Waals surface area (Å²) in [7, 11) is 0. The zero-order valence-electron chi connectivity index (χ0n) is 23.0. The van der Waals surface area contributed by atoms with Gasteiger partial charge in [-0.3, -0.25) is 19.4 Å². The van der Waals surface area contributed by atoms with E-state index in [0.717, 1.165) is 38.0 Å². The molecule has 2 aliphatic rings. The standard InChI is InChI=1S/C20H27N5O5.C4H10.C3H8/c26-16(25-10-4-7-15(25)20(29)30)12-23-19(28)17(13-5-2-1-3-6-13)24-18(27)14-11-21-8-9-22-14;1-4(2)3;1-3-2/h8-9,11,13,15,17H,1-7,10,12H2,(H,23,28)(H,24,27)(H,29,30);4H,1-3H3;3H2,1-2H3. The van der Waals surface area contributed by atoms with Crippen molar-refractivity contribution in [3.63, 3.8) is 0 Å². The summed E-state index contributed by atoms with van der Waals surface area (Å²) >= 11 is 0. The van der Waals surface area contributed by atoms with Crippen LogP contribution in [0, 0.1) is 11.8 Å². The number of hydrogen-bond donors (Lipinski definition) is 3. The van der Waals surface area contributed by atoms with Gasteiger partial charge in [-0.1, -0.05) is 60.3 Å². The quantitative estimate of drug-likeness (QED) is 0.501. The fourth-order valence-electron chi connectivity index (χ4n) is 4.19. The Kier molecular flexibility index (Phi) is 15.1. The molecular weight excluding hydrogens is 474 g/mol. The van der Waals surface area contributed by atoms with E-state index < -0.39 is 35.8 Å². The van der Waals surface area contributed by atoms with Crippen molar-refractivity contribution in [3.8, 4) is 0 Å². The van der Waals surface area contributed by atoms with Crippen LogP contribution in [0.25, 0.3) is 0 Å². The maximum Gasteiger partial charge on any atom is 0.326 e. The predicted molar refractivity (Wildman–Crippen MR) is 142 cm³/mol. The first-order chi connectivity index (χ1) is 17.6. The van der Waals surface area contributed by atoms with E-state index in [1.807, 2.05) is 0 Å². The Labute approximate surface area is 221 Å². The van der Waals surface area contributed by atoms with Crippen molar-refractivity contribution in [3.05, 3.63) is 24.3 Å². The molecule has 1 aliphatic heterocycles. The smallest absolute Gasteiger partial charge is 0.326 e. The molecule has 2 fully saturated rings. The topological polar surface area (TPSA) is 142 Å². The van der Waals surface area contributed by atoms with Crippen LogP contribution < -0.4 is 10.6 Å². The van der Waals surface area contributed by atoms with E-state index in [0.29, 0.717) is 19.4 Å². The molecule has 1 aliphatic carbocycles. The van der Waals surface area contributed by atoms with Gasteiger partial charge in [0.1, 0.15) is 17.8 Å². The lowest BCUT2D eigenvalue weighted by atomic mass is 9.83. The van der Waals surface area contributed by atoms with Crippen LogP contribution in [-0.4, -0.2) is 68.8 Å². The van der Waals surface area contributed by atoms with Gasteiger partial charge in [0.05, 0.1) is 12.7 Å². The maximum absolute atomic E-state index is 12.9. The van der Waals surface area contributed by atoms with Crippen LogP contribution in [0.4, 0.5) is 0 Å². The molecule has 0 aromatic carbocycles. The van der Waals surface area contributed by atoms with Gasteiger partial charge in [-0.2, -0.15) is 0 Å². The lowest BCUT2D eigenvalue weighted by molar-refractivity contribution is -0.148. The summed E-state index contributed by atoms with van der Waals surface area (Å²) in [5, 5.41) is 14.6. The van der Waals surface area contributed by atoms with Gasteiger partial charge < -0.3 is 20.6 Å². The molecule has 0 spiro atoms. The highest BCUT2D eigenvalue weighted by atomic mass is 16.4. The zero-order chi connectivity index (χ0) is 27.8. The number of hydrogen-bond acceptors (Lipinski definition) is 6. The molecule has 3 amide bonds. The third kappa shape index (κ3) is 11.7. The molecule has 3 rings (SSSR count). The van der Waals surface area contributed by atoms with Gasteiger partial charge in [-0.15, -0.1) is 0 Å². The van der Waals surface area contributed by atoms with Gasteiger partial charge in [0.2, 0.25) is 11.8 Å². The van der Waals surface area contributed by atoms with Gasteiger partial charge in [-0.05, 0) is 37.5 Å². The lowest BCUT2D eigenvalue weighted by Gasteiger charge is -2.30. The number of nitrogens with zero attached hydrogens (tertiary/aromatic N) is 3. The fraction of sp³-hybridized carbons (Fsp3) is 0.704. The van der Waals surface area contributed by atoms with E-state index in [4.69, 9.17) is 0 Å². The number of rotatable bonds is 7. The summed E-state index contributed by atoms with van der Waals surface area (Å²) in [4.78, 5) is 58.3. The van der Waals surface area contributed by atoms with E-state index in [1.54, 1.807) is 0 Å². The molecule has 10 heteroatoms. The van der Waals surface area contributed by atoms with Crippen molar-refractivity contribution >= 4 is 23.7 Å². The minimum absolute atomic E-state index is 0.0342. The van der Waals surface area contributed by atoms with E-state index in [9.17, 15) is 24.3 Å². The van der Waals surface area contributed by atoms with E-state index >= 15 is 0 Å². The van der Waals surface area contributed by atoms with Crippen LogP contribution in [0.5, 0.6) is 0 Å². The van der Waals surface area contributed by atoms with Crippen molar-refractivity contribution in [2.75, 3.05) is 13.1 Å². The largest absolute Gasteiger partial charge is 0.480 e. The molecule has 0 bridgehead atoms. The molecule has 0 radical (unpaired) electrons. The highest BCUT2D eigenvalue weighted by Gasteiger charge is 2.35. The van der Waals surface area contributed by atoms with E-state index in [1.165, 1.54) is 29.9 Å². The van der Waals surface area contributed by atoms with Crippen LogP contribution >= 0.6 is 0 Å². The monoisotopic (exact) mass is 519 g/mol. The summed E-state index contributed by atoms with van der Waals surface area (Å²) in [5.41, 5.74) is 0.114. The second-order valence-electron chi connectivity index (χ2n) is 10.2. The summed E-state index contributed by atoms with van der Waals surface area (Å²) in [5.74, 6) is -1.61. The Bertz CT molecular complexity index is 840. The van der Waals surface area contributed by atoms with Crippen molar-refractivity contribution in [2.45, 2.75) is 98.1 Å². The number of nitrogens with one attached hydrogen (secondary N) is 2. The molecule has 3 N–H and O–H groups in total. The summed E-state index contributed by atoms with van der Waals surface area (Å²) in [6, 6.07) is -1.64. The van der Waals surface area contributed by atoms with E-state index in [2.05, 4.69) is 55.2 Å². The van der Waals surface area contributed by atoms with Gasteiger partial charge in [0, 0.05) is 18.9 Å². The highest BCUT2D eigenvalue weighted by Crippen LogP contribution is 2.27. The third-order valence-electron chi connectivity index (χ3n) is 5.76. The molecule has 37 heavy (non-hydrogen) atoms. The van der Waals surface area contributed by atoms with Gasteiger partial charge in [0.15, 0.2) is 0 Å².